The molecule has 0 bridgehead atoms. The molecule has 1 saturated heterocycles. The number of hydrogen-bond acceptors (Lipinski definition) is 2. The molecule has 4 nitrogen and oxygen atoms in total. The van der Waals surface area contributed by atoms with Crippen LogP contribution >= 0.6 is 0 Å². The van der Waals surface area contributed by atoms with Gasteiger partial charge in [0, 0.05) is 18.2 Å². The number of likely N-dealkylation sites (tertiary alicyclic amines) is 1. The fourth-order valence-corrected chi connectivity index (χ4v) is 3.58. The fourth-order valence-electron chi connectivity index (χ4n) is 3.58. The Morgan fingerprint density at radius 2 is 1.68 bits per heavy atom. The first-order valence-corrected chi connectivity index (χ1v) is 8.42. The Hall–Kier alpha value is -1.84. The lowest BCUT2D eigenvalue weighted by atomic mass is 9.96. The zero-order chi connectivity index (χ0) is 15.4. The molecule has 1 heterocycles. The van der Waals surface area contributed by atoms with Crippen LogP contribution in [0.25, 0.3) is 0 Å². The van der Waals surface area contributed by atoms with Crippen LogP contribution in [0.2, 0.25) is 0 Å². The van der Waals surface area contributed by atoms with Crippen LogP contribution in [-0.2, 0) is 0 Å². The Kier molecular flexibility index (Phi) is 4.76. The molecule has 3 rings (SSSR count). The third kappa shape index (κ3) is 3.32. The van der Waals surface area contributed by atoms with Gasteiger partial charge in [0.25, 0.3) is 0 Å². The molecule has 1 aromatic rings. The van der Waals surface area contributed by atoms with Gasteiger partial charge in [-0.1, -0.05) is 49.6 Å². The van der Waals surface area contributed by atoms with Crippen molar-refractivity contribution >= 4 is 11.8 Å². The van der Waals surface area contributed by atoms with Gasteiger partial charge in [-0.3, -0.25) is 4.79 Å². The minimum Gasteiger partial charge on any atom is -0.335 e. The normalized spacial score (nSPS) is 22.5. The van der Waals surface area contributed by atoms with Gasteiger partial charge in [-0.15, -0.1) is 0 Å². The average Bonchev–Trinajstić information content (AvgIpc) is 3.05. The highest BCUT2D eigenvalue weighted by Gasteiger charge is 2.35. The van der Waals surface area contributed by atoms with E-state index in [1.165, 1.54) is 19.3 Å². The van der Waals surface area contributed by atoms with E-state index in [-0.39, 0.29) is 23.9 Å². The van der Waals surface area contributed by atoms with Crippen molar-refractivity contribution in [2.75, 3.05) is 6.54 Å². The Balaban J connectivity index is 1.64. The van der Waals surface area contributed by atoms with Crippen molar-refractivity contribution in [2.24, 2.45) is 0 Å². The molecule has 1 aliphatic carbocycles. The van der Waals surface area contributed by atoms with Crippen molar-refractivity contribution in [3.05, 3.63) is 35.9 Å². The Labute approximate surface area is 131 Å². The Morgan fingerprint density at radius 1 is 0.955 bits per heavy atom. The van der Waals surface area contributed by atoms with Gasteiger partial charge in [0.05, 0.1) is 6.04 Å². The van der Waals surface area contributed by atoms with E-state index in [9.17, 15) is 9.59 Å². The number of amides is 2. The van der Waals surface area contributed by atoms with Crippen molar-refractivity contribution in [1.82, 2.24) is 10.2 Å². The summed E-state index contributed by atoms with van der Waals surface area (Å²) in [5, 5.41) is 3.13. The summed E-state index contributed by atoms with van der Waals surface area (Å²) in [6, 6.07) is 9.23. The summed E-state index contributed by atoms with van der Waals surface area (Å²) >= 11 is 0. The summed E-state index contributed by atoms with van der Waals surface area (Å²) in [6.07, 6.45) is 7.46. The van der Waals surface area contributed by atoms with Gasteiger partial charge >= 0.3 is 6.03 Å². The van der Waals surface area contributed by atoms with Gasteiger partial charge in [-0.25, -0.2) is 4.79 Å². The second-order valence-electron chi connectivity index (χ2n) is 6.37. The van der Waals surface area contributed by atoms with Crippen molar-refractivity contribution in [1.29, 1.82) is 0 Å². The topological polar surface area (TPSA) is 49.4 Å². The minimum atomic E-state index is -0.300. The highest BCUT2D eigenvalue weighted by atomic mass is 16.2. The quantitative estimate of drug-likeness (QED) is 0.870. The molecule has 22 heavy (non-hydrogen) atoms. The fraction of sp³-hybridized carbons (Fsp3) is 0.556. The maximum Gasteiger partial charge on any atom is 0.318 e. The summed E-state index contributed by atoms with van der Waals surface area (Å²) < 4.78 is 0. The van der Waals surface area contributed by atoms with E-state index in [1.807, 2.05) is 30.3 Å². The number of rotatable bonds is 3. The van der Waals surface area contributed by atoms with Crippen LogP contribution in [0, 0.1) is 0 Å². The van der Waals surface area contributed by atoms with Gasteiger partial charge in [0.15, 0.2) is 5.78 Å². The number of urea groups is 1. The Bertz CT molecular complexity index is 523. The predicted molar refractivity (Wildman–Crippen MR) is 85.9 cm³/mol. The number of ketones is 1. The maximum atomic E-state index is 12.6. The SMILES string of the molecule is O=C(c1ccccc1)C1CCCN1C(=O)NC1CCCCC1. The third-order valence-corrected chi connectivity index (χ3v) is 4.81. The van der Waals surface area contributed by atoms with Crippen molar-refractivity contribution in [3.8, 4) is 0 Å². The van der Waals surface area contributed by atoms with Crippen LogP contribution in [0.15, 0.2) is 30.3 Å². The lowest BCUT2D eigenvalue weighted by Gasteiger charge is -2.29. The van der Waals surface area contributed by atoms with E-state index in [1.54, 1.807) is 4.90 Å². The summed E-state index contributed by atoms with van der Waals surface area (Å²) in [5.41, 5.74) is 0.699. The highest BCUT2D eigenvalue weighted by molar-refractivity contribution is 6.02. The van der Waals surface area contributed by atoms with Gasteiger partial charge in [-0.05, 0) is 25.7 Å². The van der Waals surface area contributed by atoms with E-state index in [0.717, 1.165) is 25.7 Å². The van der Waals surface area contributed by atoms with Gasteiger partial charge < -0.3 is 10.2 Å². The summed E-state index contributed by atoms with van der Waals surface area (Å²) in [7, 11) is 0. The van der Waals surface area contributed by atoms with Crippen LogP contribution in [0.4, 0.5) is 4.79 Å². The highest BCUT2D eigenvalue weighted by Crippen LogP contribution is 2.23. The van der Waals surface area contributed by atoms with Crippen molar-refractivity contribution in [3.63, 3.8) is 0 Å². The molecule has 0 aromatic heterocycles. The zero-order valence-electron chi connectivity index (χ0n) is 13.0. The predicted octanol–water partition coefficient (Wildman–Crippen LogP) is 3.38. The maximum absolute atomic E-state index is 12.6. The van der Waals surface area contributed by atoms with E-state index < -0.39 is 0 Å². The molecular weight excluding hydrogens is 276 g/mol. The molecular formula is C18H24N2O2. The standard InChI is InChI=1S/C18H24N2O2/c21-17(14-8-3-1-4-9-14)16-12-7-13-20(16)18(22)19-15-10-5-2-6-11-15/h1,3-4,8-9,15-16H,2,5-7,10-13H2,(H,19,22). The summed E-state index contributed by atoms with van der Waals surface area (Å²) in [5.74, 6) is 0.0666. The van der Waals surface area contributed by atoms with E-state index in [0.29, 0.717) is 12.1 Å². The number of carbonyl (C=O) groups excluding carboxylic acids is 2. The van der Waals surface area contributed by atoms with Gasteiger partial charge in [0.1, 0.15) is 0 Å². The minimum absolute atomic E-state index is 0.0568. The molecule has 2 amide bonds. The third-order valence-electron chi connectivity index (χ3n) is 4.81. The molecule has 1 unspecified atom stereocenters. The first-order chi connectivity index (χ1) is 10.8. The first-order valence-electron chi connectivity index (χ1n) is 8.42. The second-order valence-corrected chi connectivity index (χ2v) is 6.37. The molecule has 4 heteroatoms. The number of nitrogens with zero attached hydrogens (tertiary/aromatic N) is 1. The molecule has 1 atom stereocenters. The molecule has 1 aliphatic heterocycles. The van der Waals surface area contributed by atoms with Crippen LogP contribution in [0.3, 0.4) is 0 Å². The molecule has 1 N–H and O–H groups in total. The first kappa shape index (κ1) is 15.1. The molecule has 118 valence electrons. The average molecular weight is 300 g/mol. The van der Waals surface area contributed by atoms with Crippen LogP contribution in [0.1, 0.15) is 55.3 Å². The molecule has 2 aliphatic rings. The van der Waals surface area contributed by atoms with Crippen molar-refractivity contribution in [2.45, 2.75) is 57.0 Å². The number of hydrogen-bond donors (Lipinski definition) is 1. The molecule has 1 aromatic carbocycles. The van der Waals surface area contributed by atoms with E-state index in [2.05, 4.69) is 5.32 Å². The number of Topliss-reactive ketones (excluding diaryl/α,β-unsaturated/α-hetero) is 1. The van der Waals surface area contributed by atoms with Gasteiger partial charge in [0.2, 0.25) is 0 Å². The lowest BCUT2D eigenvalue weighted by Crippen LogP contribution is -2.49. The summed E-state index contributed by atoms with van der Waals surface area (Å²) in [4.78, 5) is 26.9. The molecule has 0 spiro atoms. The number of benzene rings is 1. The smallest absolute Gasteiger partial charge is 0.318 e. The Morgan fingerprint density at radius 3 is 2.41 bits per heavy atom. The van der Waals surface area contributed by atoms with E-state index >= 15 is 0 Å². The zero-order valence-corrected chi connectivity index (χ0v) is 13.0. The number of carbonyl (C=O) groups is 2. The van der Waals surface area contributed by atoms with E-state index in [4.69, 9.17) is 0 Å². The molecule has 1 saturated carbocycles. The van der Waals surface area contributed by atoms with Crippen LogP contribution < -0.4 is 5.32 Å². The summed E-state index contributed by atoms with van der Waals surface area (Å²) in [6.45, 7) is 0.682. The number of nitrogens with one attached hydrogen (secondary N) is 1. The monoisotopic (exact) mass is 300 g/mol. The van der Waals surface area contributed by atoms with Crippen molar-refractivity contribution < 1.29 is 9.59 Å². The molecule has 0 radical (unpaired) electrons. The molecule has 2 fully saturated rings. The lowest BCUT2D eigenvalue weighted by molar-refractivity contribution is 0.0884. The van der Waals surface area contributed by atoms with Crippen LogP contribution in [0.5, 0.6) is 0 Å². The second kappa shape index (κ2) is 6.95. The van der Waals surface area contributed by atoms with Gasteiger partial charge in [-0.2, -0.15) is 0 Å². The van der Waals surface area contributed by atoms with Crippen LogP contribution in [-0.4, -0.2) is 35.3 Å². The largest absolute Gasteiger partial charge is 0.335 e.